The predicted octanol–water partition coefficient (Wildman–Crippen LogP) is 4.21. The van der Waals surface area contributed by atoms with Crippen LogP contribution in [0.25, 0.3) is 0 Å². The van der Waals surface area contributed by atoms with Crippen molar-refractivity contribution in [3.8, 4) is 0 Å². The minimum absolute atomic E-state index is 0.0226. The molecule has 27 heavy (non-hydrogen) atoms. The molecule has 7 heteroatoms. The fourth-order valence-electron chi connectivity index (χ4n) is 2.97. The lowest BCUT2D eigenvalue weighted by atomic mass is 9.86. The molecule has 0 spiro atoms. The van der Waals surface area contributed by atoms with Gasteiger partial charge in [0.25, 0.3) is 5.91 Å². The molecule has 1 aliphatic rings. The summed E-state index contributed by atoms with van der Waals surface area (Å²) in [5.74, 6) is 0.0226. The second-order valence-electron chi connectivity index (χ2n) is 7.54. The van der Waals surface area contributed by atoms with Crippen LogP contribution >= 0.6 is 11.3 Å². The number of benzene rings is 1. The Morgan fingerprint density at radius 3 is 2.59 bits per heavy atom. The summed E-state index contributed by atoms with van der Waals surface area (Å²) < 4.78 is 4.88. The Kier molecular flexibility index (Phi) is 5.51. The number of aromatic nitrogens is 1. The standard InChI is InChI=1S/C20H25N3O3S/c1-5-26-19(25)22-18-21-15-10-11-23(12-16(15)27-18)17(24)13-6-8-14(9-7-13)20(2,3)4/h6-9H,5,10-12H2,1-4H3,(H,21,22,25). The Morgan fingerprint density at radius 1 is 1.26 bits per heavy atom. The molecule has 0 bridgehead atoms. The molecule has 0 unspecified atom stereocenters. The fraction of sp³-hybridized carbons (Fsp3) is 0.450. The molecule has 1 aromatic carbocycles. The zero-order valence-electron chi connectivity index (χ0n) is 16.2. The summed E-state index contributed by atoms with van der Waals surface area (Å²) in [7, 11) is 0. The van der Waals surface area contributed by atoms with Gasteiger partial charge in [-0.2, -0.15) is 0 Å². The lowest BCUT2D eigenvalue weighted by molar-refractivity contribution is 0.0736. The van der Waals surface area contributed by atoms with Gasteiger partial charge in [-0.15, -0.1) is 0 Å². The van der Waals surface area contributed by atoms with Crippen molar-refractivity contribution in [2.45, 2.75) is 46.1 Å². The average molecular weight is 388 g/mol. The summed E-state index contributed by atoms with van der Waals surface area (Å²) in [5, 5.41) is 3.15. The van der Waals surface area contributed by atoms with Crippen molar-refractivity contribution in [1.82, 2.24) is 9.88 Å². The highest BCUT2D eigenvalue weighted by Crippen LogP contribution is 2.29. The summed E-state index contributed by atoms with van der Waals surface area (Å²) >= 11 is 1.39. The number of rotatable bonds is 3. The first-order valence-electron chi connectivity index (χ1n) is 9.10. The Balaban J connectivity index is 1.69. The van der Waals surface area contributed by atoms with E-state index in [1.54, 1.807) is 6.92 Å². The average Bonchev–Trinajstić information content (AvgIpc) is 3.01. The van der Waals surface area contributed by atoms with E-state index in [1.807, 2.05) is 29.2 Å². The molecule has 0 atom stereocenters. The van der Waals surface area contributed by atoms with E-state index in [-0.39, 0.29) is 11.3 Å². The maximum Gasteiger partial charge on any atom is 0.413 e. The normalized spacial score (nSPS) is 13.9. The molecule has 1 aromatic heterocycles. The van der Waals surface area contributed by atoms with E-state index in [9.17, 15) is 9.59 Å². The lowest BCUT2D eigenvalue weighted by Crippen LogP contribution is -2.35. The molecule has 1 aliphatic heterocycles. The highest BCUT2D eigenvalue weighted by atomic mass is 32.1. The van der Waals surface area contributed by atoms with E-state index < -0.39 is 6.09 Å². The van der Waals surface area contributed by atoms with Crippen molar-refractivity contribution in [3.63, 3.8) is 0 Å². The summed E-state index contributed by atoms with van der Waals surface area (Å²) in [4.78, 5) is 31.7. The maximum absolute atomic E-state index is 12.9. The van der Waals surface area contributed by atoms with Crippen LogP contribution in [0.15, 0.2) is 24.3 Å². The van der Waals surface area contributed by atoms with E-state index in [4.69, 9.17) is 4.74 Å². The van der Waals surface area contributed by atoms with Crippen molar-refractivity contribution in [2.75, 3.05) is 18.5 Å². The monoisotopic (exact) mass is 387 g/mol. The minimum Gasteiger partial charge on any atom is -0.450 e. The third kappa shape index (κ3) is 4.47. The molecule has 2 amide bonds. The molecule has 0 saturated carbocycles. The lowest BCUT2D eigenvalue weighted by Gasteiger charge is -2.26. The predicted molar refractivity (Wildman–Crippen MR) is 106 cm³/mol. The quantitative estimate of drug-likeness (QED) is 0.856. The van der Waals surface area contributed by atoms with Crippen molar-refractivity contribution >= 4 is 28.5 Å². The van der Waals surface area contributed by atoms with Crippen LogP contribution in [-0.2, 0) is 23.1 Å². The second kappa shape index (κ2) is 7.68. The minimum atomic E-state index is -0.504. The van der Waals surface area contributed by atoms with Crippen LogP contribution in [-0.4, -0.2) is 35.0 Å². The highest BCUT2D eigenvalue weighted by Gasteiger charge is 2.25. The molecular weight excluding hydrogens is 362 g/mol. The molecular formula is C20H25N3O3S. The molecule has 2 aromatic rings. The molecule has 3 rings (SSSR count). The largest absolute Gasteiger partial charge is 0.450 e. The van der Waals surface area contributed by atoms with Gasteiger partial charge < -0.3 is 9.64 Å². The smallest absolute Gasteiger partial charge is 0.413 e. The number of carbonyl (C=O) groups excluding carboxylic acids is 2. The van der Waals surface area contributed by atoms with Gasteiger partial charge in [0.1, 0.15) is 0 Å². The highest BCUT2D eigenvalue weighted by molar-refractivity contribution is 7.15. The third-order valence-electron chi connectivity index (χ3n) is 4.50. The van der Waals surface area contributed by atoms with E-state index in [0.29, 0.717) is 36.8 Å². The van der Waals surface area contributed by atoms with Crippen LogP contribution in [0.1, 0.15) is 54.2 Å². The molecule has 0 aliphatic carbocycles. The van der Waals surface area contributed by atoms with Gasteiger partial charge in [-0.05, 0) is 30.0 Å². The fourth-order valence-corrected chi connectivity index (χ4v) is 3.98. The van der Waals surface area contributed by atoms with Gasteiger partial charge in [0.2, 0.25) is 0 Å². The zero-order valence-corrected chi connectivity index (χ0v) is 17.0. The Labute approximate surface area is 163 Å². The number of amides is 2. The molecule has 0 saturated heterocycles. The van der Waals surface area contributed by atoms with Gasteiger partial charge in [-0.3, -0.25) is 10.1 Å². The number of anilines is 1. The second-order valence-corrected chi connectivity index (χ2v) is 8.62. The maximum atomic E-state index is 12.9. The number of hydrogen-bond donors (Lipinski definition) is 1. The number of nitrogens with zero attached hydrogens (tertiary/aromatic N) is 2. The van der Waals surface area contributed by atoms with Crippen molar-refractivity contribution < 1.29 is 14.3 Å². The SMILES string of the molecule is CCOC(=O)Nc1nc2c(s1)CN(C(=O)c1ccc(C(C)(C)C)cc1)CC2. The molecule has 6 nitrogen and oxygen atoms in total. The van der Waals surface area contributed by atoms with E-state index in [1.165, 1.54) is 16.9 Å². The van der Waals surface area contributed by atoms with Crippen LogP contribution in [0, 0.1) is 0 Å². The number of fused-ring (bicyclic) bond motifs is 1. The number of hydrogen-bond acceptors (Lipinski definition) is 5. The topological polar surface area (TPSA) is 71.5 Å². The molecule has 1 N–H and O–H groups in total. The molecule has 2 heterocycles. The van der Waals surface area contributed by atoms with Crippen LogP contribution in [0.3, 0.4) is 0 Å². The first-order chi connectivity index (χ1) is 12.8. The molecule has 0 radical (unpaired) electrons. The number of carbonyl (C=O) groups is 2. The van der Waals surface area contributed by atoms with Crippen LogP contribution < -0.4 is 5.32 Å². The summed E-state index contributed by atoms with van der Waals surface area (Å²) in [5.41, 5.74) is 2.91. The van der Waals surface area contributed by atoms with Crippen molar-refractivity contribution in [1.29, 1.82) is 0 Å². The summed E-state index contributed by atoms with van der Waals surface area (Å²) in [6.07, 6.45) is 0.178. The van der Waals surface area contributed by atoms with Gasteiger partial charge in [0.15, 0.2) is 5.13 Å². The van der Waals surface area contributed by atoms with Crippen molar-refractivity contribution in [2.24, 2.45) is 0 Å². The zero-order chi connectivity index (χ0) is 19.6. The summed E-state index contributed by atoms with van der Waals surface area (Å²) in [6, 6.07) is 7.85. The first kappa shape index (κ1) is 19.4. The Bertz CT molecular complexity index is 837. The van der Waals surface area contributed by atoms with Gasteiger partial charge in [-0.25, -0.2) is 9.78 Å². The van der Waals surface area contributed by atoms with Crippen LogP contribution in [0.5, 0.6) is 0 Å². The Morgan fingerprint density at radius 2 is 1.96 bits per heavy atom. The van der Waals surface area contributed by atoms with E-state index >= 15 is 0 Å². The van der Waals surface area contributed by atoms with Crippen molar-refractivity contribution in [3.05, 3.63) is 46.0 Å². The van der Waals surface area contributed by atoms with Gasteiger partial charge in [0, 0.05) is 23.4 Å². The molecule has 144 valence electrons. The first-order valence-corrected chi connectivity index (χ1v) is 9.91. The van der Waals surface area contributed by atoms with Crippen LogP contribution in [0.2, 0.25) is 0 Å². The number of ether oxygens (including phenoxy) is 1. The molecule has 0 fully saturated rings. The van der Waals surface area contributed by atoms with E-state index in [0.717, 1.165) is 10.6 Å². The van der Waals surface area contributed by atoms with Crippen LogP contribution in [0.4, 0.5) is 9.93 Å². The van der Waals surface area contributed by atoms with Gasteiger partial charge in [-0.1, -0.05) is 44.2 Å². The summed E-state index contributed by atoms with van der Waals surface area (Å²) in [6.45, 7) is 9.66. The van der Waals surface area contributed by atoms with E-state index in [2.05, 4.69) is 31.1 Å². The van der Waals surface area contributed by atoms with Gasteiger partial charge >= 0.3 is 6.09 Å². The van der Waals surface area contributed by atoms with Gasteiger partial charge in [0.05, 0.1) is 18.8 Å². The number of nitrogens with one attached hydrogen (secondary N) is 1. The Hall–Kier alpha value is -2.41. The number of thiazole rings is 1. The third-order valence-corrected chi connectivity index (χ3v) is 5.50.